The van der Waals surface area contributed by atoms with E-state index in [1.165, 1.54) is 51.0 Å². The number of hydrogen-bond donors (Lipinski definition) is 0. The highest BCUT2D eigenvalue weighted by molar-refractivity contribution is 7.99. The molecule has 0 atom stereocenters. The highest BCUT2D eigenvalue weighted by Gasteiger charge is 2.14. The van der Waals surface area contributed by atoms with Gasteiger partial charge in [0.25, 0.3) is 0 Å². The van der Waals surface area contributed by atoms with E-state index in [9.17, 15) is 0 Å². The number of nitrogens with zero attached hydrogens (tertiary/aromatic N) is 1. The summed E-state index contributed by atoms with van der Waals surface area (Å²) in [5.41, 5.74) is 3.66. The Kier molecular flexibility index (Phi) is 10.2. The molecule has 0 saturated heterocycles. The van der Waals surface area contributed by atoms with Gasteiger partial charge in [0.2, 0.25) is 0 Å². The summed E-state index contributed by atoms with van der Waals surface area (Å²) in [6.45, 7) is 6.71. The molecule has 164 valence electrons. The molecule has 3 aromatic carbocycles. The zero-order chi connectivity index (χ0) is 21.9. The monoisotopic (exact) mass is 467 g/mol. The summed E-state index contributed by atoms with van der Waals surface area (Å²) in [6.07, 6.45) is 3.56. The van der Waals surface area contributed by atoms with Crippen molar-refractivity contribution in [3.63, 3.8) is 0 Å². The molecule has 0 unspecified atom stereocenters. The molecule has 0 bridgehead atoms. The van der Waals surface area contributed by atoms with Crippen LogP contribution in [0, 0.1) is 0 Å². The van der Waals surface area contributed by atoms with Crippen LogP contribution in [0.15, 0.2) is 87.5 Å². The molecule has 0 saturated carbocycles. The van der Waals surface area contributed by atoms with Crippen molar-refractivity contribution >= 4 is 52.3 Å². The molecular formula is C27H33NS3. The van der Waals surface area contributed by atoms with Gasteiger partial charge in [-0.15, -0.1) is 35.3 Å². The van der Waals surface area contributed by atoms with E-state index in [4.69, 9.17) is 0 Å². The second kappa shape index (κ2) is 13.1. The Morgan fingerprint density at radius 3 is 1.13 bits per heavy atom. The molecule has 0 amide bonds. The lowest BCUT2D eigenvalue weighted by molar-refractivity contribution is 1.10. The van der Waals surface area contributed by atoms with Crippen molar-refractivity contribution in [1.82, 2.24) is 0 Å². The molecule has 3 rings (SSSR count). The Morgan fingerprint density at radius 1 is 0.516 bits per heavy atom. The van der Waals surface area contributed by atoms with Crippen LogP contribution >= 0.6 is 35.3 Å². The lowest BCUT2D eigenvalue weighted by Gasteiger charge is -2.26. The third kappa shape index (κ3) is 7.27. The number of anilines is 3. The van der Waals surface area contributed by atoms with Crippen LogP contribution in [0.5, 0.6) is 0 Å². The fourth-order valence-corrected chi connectivity index (χ4v) is 5.70. The van der Waals surface area contributed by atoms with Crippen molar-refractivity contribution in [1.29, 1.82) is 0 Å². The Morgan fingerprint density at radius 2 is 0.839 bits per heavy atom. The summed E-state index contributed by atoms with van der Waals surface area (Å²) < 4.78 is 0. The second-order valence-corrected chi connectivity index (χ2v) is 10.9. The first-order valence-corrected chi connectivity index (χ1v) is 14.2. The molecule has 0 spiro atoms. The molecule has 0 radical (unpaired) electrons. The Hall–Kier alpha value is -1.49. The Labute approximate surface area is 201 Å². The largest absolute Gasteiger partial charge is 0.310 e. The highest BCUT2D eigenvalue weighted by atomic mass is 32.2. The quantitative estimate of drug-likeness (QED) is 0.244. The molecule has 1 nitrogen and oxygen atoms in total. The van der Waals surface area contributed by atoms with Gasteiger partial charge >= 0.3 is 0 Å². The van der Waals surface area contributed by atoms with Crippen molar-refractivity contribution in [2.75, 3.05) is 22.2 Å². The molecule has 4 heteroatoms. The van der Waals surface area contributed by atoms with Gasteiger partial charge in [0, 0.05) is 31.7 Å². The minimum absolute atomic E-state index is 1.15. The van der Waals surface area contributed by atoms with Gasteiger partial charge in [0.05, 0.1) is 0 Å². The van der Waals surface area contributed by atoms with Gasteiger partial charge < -0.3 is 4.90 Å². The maximum Gasteiger partial charge on any atom is 0.0472 e. The fraction of sp³-hybridized carbons (Fsp3) is 0.333. The summed E-state index contributed by atoms with van der Waals surface area (Å²) in [7, 11) is 0. The SMILES string of the molecule is CCCSc1cccc(N(c2cccc(SCCC)c2)c2cccc(SCCC)c2)c1. The first-order valence-electron chi connectivity index (χ1n) is 11.2. The van der Waals surface area contributed by atoms with E-state index in [1.807, 2.05) is 35.3 Å². The number of benzene rings is 3. The van der Waals surface area contributed by atoms with Gasteiger partial charge in [-0.1, -0.05) is 39.0 Å². The first-order chi connectivity index (χ1) is 15.2. The van der Waals surface area contributed by atoms with E-state index >= 15 is 0 Å². The maximum atomic E-state index is 2.40. The Balaban J connectivity index is 2.03. The van der Waals surface area contributed by atoms with E-state index < -0.39 is 0 Å². The average molecular weight is 468 g/mol. The van der Waals surface area contributed by atoms with Crippen LogP contribution in [0.25, 0.3) is 0 Å². The minimum atomic E-state index is 1.15. The van der Waals surface area contributed by atoms with Gasteiger partial charge in [0.1, 0.15) is 0 Å². The predicted octanol–water partition coefficient (Wildman–Crippen LogP) is 9.66. The summed E-state index contributed by atoms with van der Waals surface area (Å²) in [5.74, 6) is 3.45. The smallest absolute Gasteiger partial charge is 0.0472 e. The lowest BCUT2D eigenvalue weighted by atomic mass is 10.2. The van der Waals surface area contributed by atoms with Gasteiger partial charge in [0.15, 0.2) is 0 Å². The topological polar surface area (TPSA) is 3.24 Å². The summed E-state index contributed by atoms with van der Waals surface area (Å²) in [4.78, 5) is 6.40. The highest BCUT2D eigenvalue weighted by Crippen LogP contribution is 2.39. The second-order valence-electron chi connectivity index (χ2n) is 7.37. The number of thioether (sulfide) groups is 3. The van der Waals surface area contributed by atoms with Crippen molar-refractivity contribution in [3.8, 4) is 0 Å². The van der Waals surface area contributed by atoms with Crippen LogP contribution in [0.1, 0.15) is 40.0 Å². The van der Waals surface area contributed by atoms with E-state index in [-0.39, 0.29) is 0 Å². The molecule has 0 fully saturated rings. The number of rotatable bonds is 12. The molecule has 0 aromatic heterocycles. The van der Waals surface area contributed by atoms with Crippen molar-refractivity contribution < 1.29 is 0 Å². The minimum Gasteiger partial charge on any atom is -0.310 e. The molecule has 31 heavy (non-hydrogen) atoms. The third-order valence-electron chi connectivity index (χ3n) is 4.65. The molecule has 0 aliphatic carbocycles. The third-order valence-corrected chi connectivity index (χ3v) is 8.24. The first kappa shape index (κ1) is 24.2. The number of hydrogen-bond acceptors (Lipinski definition) is 4. The fourth-order valence-electron chi connectivity index (χ4n) is 3.24. The van der Waals surface area contributed by atoms with Gasteiger partial charge in [-0.2, -0.15) is 0 Å². The van der Waals surface area contributed by atoms with Crippen molar-refractivity contribution in [3.05, 3.63) is 72.8 Å². The van der Waals surface area contributed by atoms with Crippen LogP contribution < -0.4 is 4.90 Å². The van der Waals surface area contributed by atoms with Gasteiger partial charge in [-0.05, 0) is 91.1 Å². The molecule has 0 N–H and O–H groups in total. The molecule has 0 aliphatic heterocycles. The maximum absolute atomic E-state index is 2.40. The van der Waals surface area contributed by atoms with E-state index in [1.54, 1.807) is 0 Å². The van der Waals surface area contributed by atoms with Crippen LogP contribution in [-0.4, -0.2) is 17.3 Å². The van der Waals surface area contributed by atoms with Crippen LogP contribution in [-0.2, 0) is 0 Å². The van der Waals surface area contributed by atoms with Gasteiger partial charge in [-0.3, -0.25) is 0 Å². The summed E-state index contributed by atoms with van der Waals surface area (Å²) in [5, 5.41) is 0. The van der Waals surface area contributed by atoms with E-state index in [0.29, 0.717) is 0 Å². The zero-order valence-corrected chi connectivity index (χ0v) is 21.3. The van der Waals surface area contributed by atoms with E-state index in [2.05, 4.69) is 98.5 Å². The van der Waals surface area contributed by atoms with Crippen LogP contribution in [0.3, 0.4) is 0 Å². The lowest BCUT2D eigenvalue weighted by Crippen LogP contribution is -2.10. The van der Waals surface area contributed by atoms with Crippen molar-refractivity contribution in [2.45, 2.75) is 54.7 Å². The normalized spacial score (nSPS) is 10.9. The molecule has 0 heterocycles. The summed E-state index contributed by atoms with van der Waals surface area (Å²) >= 11 is 5.81. The summed E-state index contributed by atoms with van der Waals surface area (Å²) in [6, 6.07) is 26.9. The van der Waals surface area contributed by atoms with Crippen LogP contribution in [0.2, 0.25) is 0 Å². The van der Waals surface area contributed by atoms with Gasteiger partial charge in [-0.25, -0.2) is 0 Å². The predicted molar refractivity (Wildman–Crippen MR) is 144 cm³/mol. The van der Waals surface area contributed by atoms with Crippen molar-refractivity contribution in [2.24, 2.45) is 0 Å². The average Bonchev–Trinajstić information content (AvgIpc) is 2.81. The zero-order valence-electron chi connectivity index (χ0n) is 18.8. The molecule has 0 aliphatic rings. The van der Waals surface area contributed by atoms with E-state index in [0.717, 1.165) is 17.3 Å². The van der Waals surface area contributed by atoms with Crippen LogP contribution in [0.4, 0.5) is 17.1 Å². The Bertz CT molecular complexity index is 819. The standard InChI is InChI=1S/C27H33NS3/c1-4-16-29-25-13-7-10-22(19-25)28(23-11-8-14-26(20-23)30-17-5-2)24-12-9-15-27(21-24)31-18-6-3/h7-15,19-21H,4-6,16-18H2,1-3H3. The molecule has 3 aromatic rings. The molecular weight excluding hydrogens is 435 g/mol.